The number of thiophene rings is 1. The molecule has 0 amide bonds. The standard InChI is InChI=1S/C7H8N2O3S2/c1-9-4-5(8-10)7-6(2-3-13-7)14(9,11)12/h2-3,10H,4H2,1H3. The van der Waals surface area contributed by atoms with Crippen LogP contribution in [0.2, 0.25) is 0 Å². The maximum atomic E-state index is 11.7. The van der Waals surface area contributed by atoms with Crippen LogP contribution in [0.25, 0.3) is 0 Å². The molecular formula is C7H8N2O3S2. The van der Waals surface area contributed by atoms with Crippen LogP contribution in [0.1, 0.15) is 4.88 Å². The van der Waals surface area contributed by atoms with Crippen molar-refractivity contribution in [3.05, 3.63) is 16.3 Å². The zero-order chi connectivity index (χ0) is 10.3. The average Bonchev–Trinajstić information content (AvgIpc) is 2.61. The molecule has 0 aliphatic carbocycles. The van der Waals surface area contributed by atoms with Gasteiger partial charge in [0.05, 0.1) is 11.4 Å². The van der Waals surface area contributed by atoms with E-state index in [2.05, 4.69) is 5.16 Å². The van der Waals surface area contributed by atoms with Crippen molar-refractivity contribution in [1.82, 2.24) is 4.31 Å². The Balaban J connectivity index is 2.71. The normalized spacial score (nSPS) is 23.6. The molecular weight excluding hydrogens is 224 g/mol. The summed E-state index contributed by atoms with van der Waals surface area (Å²) in [6.07, 6.45) is 0. The lowest BCUT2D eigenvalue weighted by atomic mass is 10.3. The molecule has 0 radical (unpaired) electrons. The molecule has 0 unspecified atom stereocenters. The van der Waals surface area contributed by atoms with E-state index in [0.717, 1.165) is 4.31 Å². The lowest BCUT2D eigenvalue weighted by Crippen LogP contribution is -2.37. The molecule has 76 valence electrons. The summed E-state index contributed by atoms with van der Waals surface area (Å²) in [6.45, 7) is 0.117. The Morgan fingerprint density at radius 1 is 1.64 bits per heavy atom. The fourth-order valence-corrected chi connectivity index (χ4v) is 3.86. The predicted molar refractivity (Wildman–Crippen MR) is 52.5 cm³/mol. The summed E-state index contributed by atoms with van der Waals surface area (Å²) in [5, 5.41) is 13.5. The van der Waals surface area contributed by atoms with Gasteiger partial charge >= 0.3 is 0 Å². The van der Waals surface area contributed by atoms with E-state index in [1.165, 1.54) is 24.5 Å². The van der Waals surface area contributed by atoms with E-state index in [1.54, 1.807) is 5.38 Å². The summed E-state index contributed by atoms with van der Waals surface area (Å²) in [5.41, 5.74) is 0.396. The fourth-order valence-electron chi connectivity index (χ4n) is 1.32. The minimum absolute atomic E-state index is 0.117. The molecule has 0 atom stereocenters. The molecule has 2 heterocycles. The van der Waals surface area contributed by atoms with Crippen molar-refractivity contribution in [2.24, 2.45) is 5.16 Å². The second-order valence-electron chi connectivity index (χ2n) is 2.92. The molecule has 7 heteroatoms. The molecule has 1 aromatic heterocycles. The lowest BCUT2D eigenvalue weighted by Gasteiger charge is -2.22. The van der Waals surface area contributed by atoms with E-state index < -0.39 is 10.0 Å². The van der Waals surface area contributed by atoms with E-state index in [4.69, 9.17) is 5.21 Å². The zero-order valence-corrected chi connectivity index (χ0v) is 8.97. The molecule has 0 aromatic carbocycles. The molecule has 5 nitrogen and oxygen atoms in total. The van der Waals surface area contributed by atoms with Gasteiger partial charge in [0.25, 0.3) is 0 Å². The molecule has 1 N–H and O–H groups in total. The first-order valence-electron chi connectivity index (χ1n) is 3.82. The van der Waals surface area contributed by atoms with Crippen LogP contribution < -0.4 is 0 Å². The van der Waals surface area contributed by atoms with Gasteiger partial charge in [-0.1, -0.05) is 5.16 Å². The molecule has 0 saturated carbocycles. The third-order valence-corrected chi connectivity index (χ3v) is 5.01. The first kappa shape index (κ1) is 9.63. The first-order chi connectivity index (χ1) is 6.57. The van der Waals surface area contributed by atoms with Gasteiger partial charge in [-0.05, 0) is 11.4 Å². The molecule has 2 rings (SSSR count). The Morgan fingerprint density at radius 3 is 3.00 bits per heavy atom. The number of hydrogen-bond acceptors (Lipinski definition) is 5. The van der Waals surface area contributed by atoms with Crippen molar-refractivity contribution < 1.29 is 13.6 Å². The Hall–Kier alpha value is -0.920. The number of oxime groups is 1. The quantitative estimate of drug-likeness (QED) is 0.525. The van der Waals surface area contributed by atoms with Gasteiger partial charge in [-0.3, -0.25) is 0 Å². The van der Waals surface area contributed by atoms with Gasteiger partial charge in [0.15, 0.2) is 0 Å². The third kappa shape index (κ3) is 1.17. The average molecular weight is 232 g/mol. The Bertz CT molecular complexity index is 489. The van der Waals surface area contributed by atoms with Crippen LogP contribution >= 0.6 is 11.3 Å². The second-order valence-corrected chi connectivity index (χ2v) is 5.85. The van der Waals surface area contributed by atoms with Gasteiger partial charge in [0, 0.05) is 7.05 Å². The summed E-state index contributed by atoms with van der Waals surface area (Å²) in [7, 11) is -1.91. The van der Waals surface area contributed by atoms with Crippen molar-refractivity contribution in [3.63, 3.8) is 0 Å². The molecule has 0 fully saturated rings. The van der Waals surface area contributed by atoms with E-state index in [1.807, 2.05) is 0 Å². The Kier molecular flexibility index (Phi) is 2.09. The maximum absolute atomic E-state index is 11.7. The van der Waals surface area contributed by atoms with Crippen molar-refractivity contribution in [2.75, 3.05) is 13.6 Å². The molecule has 1 aromatic rings. The number of sulfonamides is 1. The van der Waals surface area contributed by atoms with Gasteiger partial charge < -0.3 is 5.21 Å². The van der Waals surface area contributed by atoms with Crippen LogP contribution in [0.15, 0.2) is 21.5 Å². The van der Waals surface area contributed by atoms with Gasteiger partial charge in [-0.2, -0.15) is 4.31 Å². The second kappa shape index (κ2) is 3.04. The molecule has 1 aliphatic rings. The van der Waals surface area contributed by atoms with Crippen molar-refractivity contribution in [2.45, 2.75) is 4.90 Å². The van der Waals surface area contributed by atoms with Crippen LogP contribution in [0.4, 0.5) is 0 Å². The number of rotatable bonds is 0. The molecule has 0 saturated heterocycles. The van der Waals surface area contributed by atoms with Gasteiger partial charge in [-0.15, -0.1) is 11.3 Å². The smallest absolute Gasteiger partial charge is 0.244 e. The summed E-state index contributed by atoms with van der Waals surface area (Å²) < 4.78 is 24.6. The number of fused-ring (bicyclic) bond motifs is 1. The number of likely N-dealkylation sites (N-methyl/N-ethyl adjacent to an activating group) is 1. The van der Waals surface area contributed by atoms with Gasteiger partial charge in [0.1, 0.15) is 10.6 Å². The summed E-state index contributed by atoms with van der Waals surface area (Å²) in [6, 6.07) is 1.52. The van der Waals surface area contributed by atoms with Crippen LogP contribution in [0, 0.1) is 0 Å². The lowest BCUT2D eigenvalue weighted by molar-refractivity contribution is 0.316. The molecule has 0 spiro atoms. The SMILES string of the molecule is CN1CC(=NO)c2sccc2S1(=O)=O. The summed E-state index contributed by atoms with van der Waals surface area (Å²) in [5.74, 6) is 0. The fraction of sp³-hybridized carbons (Fsp3) is 0.286. The Labute approximate surface area is 85.3 Å². The van der Waals surface area contributed by atoms with E-state index >= 15 is 0 Å². The minimum Gasteiger partial charge on any atom is -0.411 e. The Morgan fingerprint density at radius 2 is 2.36 bits per heavy atom. The van der Waals surface area contributed by atoms with Crippen LogP contribution in [-0.4, -0.2) is 37.2 Å². The molecule has 1 aliphatic heterocycles. The summed E-state index contributed by atoms with van der Waals surface area (Å²) >= 11 is 1.27. The van der Waals surface area contributed by atoms with E-state index in [0.29, 0.717) is 10.6 Å². The highest BCUT2D eigenvalue weighted by molar-refractivity contribution is 7.89. The van der Waals surface area contributed by atoms with E-state index in [-0.39, 0.29) is 11.4 Å². The van der Waals surface area contributed by atoms with Crippen LogP contribution in [0.5, 0.6) is 0 Å². The largest absolute Gasteiger partial charge is 0.411 e. The monoisotopic (exact) mass is 232 g/mol. The summed E-state index contributed by atoms with van der Waals surface area (Å²) in [4.78, 5) is 0.759. The van der Waals surface area contributed by atoms with Crippen molar-refractivity contribution in [3.8, 4) is 0 Å². The highest BCUT2D eigenvalue weighted by Gasteiger charge is 2.33. The van der Waals surface area contributed by atoms with Gasteiger partial charge in [-0.25, -0.2) is 8.42 Å². The minimum atomic E-state index is -3.37. The number of hydrogen-bond donors (Lipinski definition) is 1. The third-order valence-electron chi connectivity index (χ3n) is 2.07. The van der Waals surface area contributed by atoms with Crippen LogP contribution in [0.3, 0.4) is 0 Å². The highest BCUT2D eigenvalue weighted by Crippen LogP contribution is 2.29. The molecule has 0 bridgehead atoms. The van der Waals surface area contributed by atoms with E-state index in [9.17, 15) is 8.42 Å². The number of nitrogens with zero attached hydrogens (tertiary/aromatic N) is 2. The zero-order valence-electron chi connectivity index (χ0n) is 7.34. The van der Waals surface area contributed by atoms with Crippen molar-refractivity contribution in [1.29, 1.82) is 0 Å². The molecule has 14 heavy (non-hydrogen) atoms. The topological polar surface area (TPSA) is 70.0 Å². The maximum Gasteiger partial charge on any atom is 0.244 e. The predicted octanol–water partition coefficient (Wildman–Crippen LogP) is 0.560. The van der Waals surface area contributed by atoms with Crippen molar-refractivity contribution >= 4 is 27.1 Å². The first-order valence-corrected chi connectivity index (χ1v) is 6.14. The van der Waals surface area contributed by atoms with Crippen LogP contribution in [-0.2, 0) is 10.0 Å². The van der Waals surface area contributed by atoms with Gasteiger partial charge in [0.2, 0.25) is 10.0 Å². The highest BCUT2D eigenvalue weighted by atomic mass is 32.2.